The van der Waals surface area contributed by atoms with E-state index in [-0.39, 0.29) is 0 Å². The Labute approximate surface area is 501 Å². The number of rotatable bonds is 19. The zero-order chi connectivity index (χ0) is 59.7. The molecule has 0 saturated carbocycles. The van der Waals surface area contributed by atoms with Gasteiger partial charge in [0, 0.05) is 44.2 Å². The minimum Gasteiger partial charge on any atom is -0.355 e. The van der Waals surface area contributed by atoms with Crippen LogP contribution in [0.15, 0.2) is 48.6 Å². The Morgan fingerprint density at radius 1 is 0.250 bits per heavy atom. The Morgan fingerprint density at radius 2 is 0.464 bits per heavy atom. The third kappa shape index (κ3) is 10.2. The number of aromatic amines is 4. The van der Waals surface area contributed by atoms with Crippen molar-refractivity contribution in [2.75, 3.05) is 0 Å². The van der Waals surface area contributed by atoms with E-state index in [4.69, 9.17) is 19.9 Å². The van der Waals surface area contributed by atoms with Gasteiger partial charge in [-0.2, -0.15) is 0 Å². The molecular formula is C76H94N8. The van der Waals surface area contributed by atoms with E-state index in [1.165, 1.54) is 89.1 Å². The van der Waals surface area contributed by atoms with Gasteiger partial charge in [-0.05, 0) is 228 Å². The predicted molar refractivity (Wildman–Crippen MR) is 365 cm³/mol. The Hall–Kier alpha value is -7.32. The predicted octanol–water partition coefficient (Wildman–Crippen LogP) is 21.1. The molecule has 0 unspecified atom stereocenters. The largest absolute Gasteiger partial charge is 0.355 e. The van der Waals surface area contributed by atoms with Gasteiger partial charge < -0.3 is 19.9 Å². The number of allylic oxidation sites excluding steroid dienone is 10. The molecule has 4 aliphatic heterocycles. The molecule has 8 nitrogen and oxygen atoms in total. The number of nitrogens with zero attached hydrogens (tertiary/aromatic N) is 4. The van der Waals surface area contributed by atoms with Crippen LogP contribution < -0.4 is 0 Å². The van der Waals surface area contributed by atoms with Crippen LogP contribution in [-0.4, -0.2) is 39.9 Å². The second-order valence-corrected chi connectivity index (χ2v) is 22.9. The highest BCUT2D eigenvalue weighted by Crippen LogP contribution is 2.44. The van der Waals surface area contributed by atoms with E-state index in [0.29, 0.717) is 0 Å². The molecule has 438 valence electrons. The van der Waals surface area contributed by atoms with Crippen LogP contribution in [0.25, 0.3) is 101 Å². The van der Waals surface area contributed by atoms with Crippen LogP contribution in [0.4, 0.5) is 0 Å². The number of hydrogen-bond acceptors (Lipinski definition) is 4. The Bertz CT molecular complexity index is 3870. The van der Waals surface area contributed by atoms with Gasteiger partial charge in [0.2, 0.25) is 0 Å². The van der Waals surface area contributed by atoms with Gasteiger partial charge in [0.25, 0.3) is 0 Å². The second kappa shape index (κ2) is 25.5. The summed E-state index contributed by atoms with van der Waals surface area (Å²) in [7, 11) is 0. The molecule has 0 aliphatic carbocycles. The fourth-order valence-electron chi connectivity index (χ4n) is 15.1. The van der Waals surface area contributed by atoms with Crippen molar-refractivity contribution in [3.8, 4) is 0 Å². The van der Waals surface area contributed by atoms with Crippen LogP contribution in [-0.2, 0) is 51.4 Å². The lowest BCUT2D eigenvalue weighted by molar-refractivity contribution is 1.07. The number of hydrogen-bond donors (Lipinski definition) is 4. The molecule has 8 heteroatoms. The van der Waals surface area contributed by atoms with Gasteiger partial charge in [0.05, 0.1) is 56.6 Å². The van der Waals surface area contributed by atoms with Crippen molar-refractivity contribution in [3.63, 3.8) is 0 Å². The molecule has 0 amide bonds. The van der Waals surface area contributed by atoms with Crippen LogP contribution in [0.1, 0.15) is 263 Å². The van der Waals surface area contributed by atoms with E-state index >= 15 is 0 Å². The summed E-state index contributed by atoms with van der Waals surface area (Å²) in [4.78, 5) is 38.8. The lowest BCUT2D eigenvalue weighted by Crippen LogP contribution is -1.92. The number of fused-ring (bicyclic) bond motifs is 16. The van der Waals surface area contributed by atoms with Crippen molar-refractivity contribution in [3.05, 3.63) is 150 Å². The van der Waals surface area contributed by atoms with Gasteiger partial charge in [0.1, 0.15) is 0 Å². The molecular weight excluding hydrogens is 1020 g/mol. The van der Waals surface area contributed by atoms with E-state index in [1.54, 1.807) is 0 Å². The number of H-pyrrole nitrogens is 4. The van der Waals surface area contributed by atoms with E-state index in [9.17, 15) is 0 Å². The van der Waals surface area contributed by atoms with Crippen LogP contribution in [0.5, 0.6) is 0 Å². The van der Waals surface area contributed by atoms with E-state index in [1.807, 2.05) is 0 Å². The molecule has 10 rings (SSSR count). The number of aryl methyl sites for hydroxylation is 8. The molecule has 0 spiro atoms. The molecule has 0 fully saturated rings. The first-order valence-corrected chi connectivity index (χ1v) is 32.8. The third-order valence-corrected chi connectivity index (χ3v) is 18.9. The summed E-state index contributed by atoms with van der Waals surface area (Å²) in [5, 5.41) is 0. The monoisotopic (exact) mass is 1120 g/mol. The maximum atomic E-state index is 5.79. The minimum absolute atomic E-state index is 0.867. The van der Waals surface area contributed by atoms with Gasteiger partial charge in [-0.15, -0.1) is 0 Å². The quantitative estimate of drug-likeness (QED) is 0.0605. The van der Waals surface area contributed by atoms with E-state index in [0.717, 1.165) is 204 Å². The highest BCUT2D eigenvalue weighted by Gasteiger charge is 2.27. The van der Waals surface area contributed by atoms with Crippen LogP contribution in [0.2, 0.25) is 0 Å². The van der Waals surface area contributed by atoms with Gasteiger partial charge >= 0.3 is 0 Å². The first-order chi connectivity index (χ1) is 40.9. The standard InChI is InChI=1S/C76H94N8/c1-17-43-47(21-5)65-39-69-51(25-9)55(29-13)73(81-69)59(74-56(30-14)52(26-10)70(82-74)40-66-48(22-6)44(18-2)62(78-66)37-61(43)77-65)35-33-34-36-60-75-57(31-15)53(27-11)71(83-75)41-67-49(23-7)45(19-3)63(79-67)38-64-46(20-4)50(24-8)68(80-64)42-72-54(28-12)58(32-16)76(60)84-72/h33-42,77,79,82,84H,17-32H2,1-16H3/b35-33+,36-34+,61-37?,62-37?,63-38?,64-38?,65-39?,66-40?,67-41?,68-42?,69-39?,70-40?,71-41?,72-42?,73-59?,74-59?,75-60?,76-60?. The van der Waals surface area contributed by atoms with Crippen molar-refractivity contribution >= 4 is 101 Å². The number of aromatic nitrogens is 8. The molecule has 6 aromatic rings. The summed E-state index contributed by atoms with van der Waals surface area (Å²) in [5.74, 6) is 0. The molecule has 4 N–H and O–H groups in total. The first kappa shape index (κ1) is 59.8. The molecule has 4 aliphatic rings. The van der Waals surface area contributed by atoms with Gasteiger partial charge in [-0.25, -0.2) is 19.9 Å². The van der Waals surface area contributed by atoms with E-state index in [2.05, 4.69) is 191 Å². The molecule has 16 bridgehead atoms. The average Bonchev–Trinajstić information content (AvgIpc) is 4.59. The fraction of sp³-hybridized carbons (Fsp3) is 0.421. The SMILES string of the molecule is CCC1=C(CC)c2cc3[nH]c(c(/C=C/C=C/c4c5nc(cc6[nH]c(cc7nc(cc8[nH]c4c(CC)c8CC)C(CC)=C7CC)c(CC)c6CC)C(CC)=C5CC)c4nc(cc5[nH]c(cc1n2)c(CC)c5CC)C(CC)=C4CC)c(CC)c3CC. The van der Waals surface area contributed by atoms with Crippen molar-refractivity contribution in [2.45, 2.75) is 214 Å². The topological polar surface area (TPSA) is 115 Å². The molecule has 0 aromatic carbocycles. The highest BCUT2D eigenvalue weighted by molar-refractivity contribution is 6.01. The smallest absolute Gasteiger partial charge is 0.0765 e. The summed E-state index contributed by atoms with van der Waals surface area (Å²) in [6.45, 7) is 36.7. The second-order valence-electron chi connectivity index (χ2n) is 22.9. The molecule has 6 aromatic heterocycles. The maximum absolute atomic E-state index is 5.79. The first-order valence-electron chi connectivity index (χ1n) is 32.8. The van der Waals surface area contributed by atoms with Crippen molar-refractivity contribution in [2.24, 2.45) is 0 Å². The molecule has 84 heavy (non-hydrogen) atoms. The molecule has 0 saturated heterocycles. The zero-order valence-electron chi connectivity index (χ0n) is 53.9. The summed E-state index contributed by atoms with van der Waals surface area (Å²) >= 11 is 0. The van der Waals surface area contributed by atoms with Crippen LogP contribution >= 0.6 is 0 Å². The summed E-state index contributed by atoms with van der Waals surface area (Å²) < 4.78 is 0. The van der Waals surface area contributed by atoms with Crippen molar-refractivity contribution in [1.82, 2.24) is 39.9 Å². The molecule has 0 atom stereocenters. The van der Waals surface area contributed by atoms with Crippen molar-refractivity contribution < 1.29 is 0 Å². The Kier molecular flexibility index (Phi) is 18.2. The lowest BCUT2D eigenvalue weighted by atomic mass is 9.95. The lowest BCUT2D eigenvalue weighted by Gasteiger charge is -2.08. The summed E-state index contributed by atoms with van der Waals surface area (Å²) in [6, 6.07) is 14.1. The summed E-state index contributed by atoms with van der Waals surface area (Å²) in [5.41, 5.74) is 41.3. The Morgan fingerprint density at radius 3 is 0.702 bits per heavy atom. The summed E-state index contributed by atoms with van der Waals surface area (Å²) in [6.07, 6.45) is 23.7. The van der Waals surface area contributed by atoms with Crippen molar-refractivity contribution in [1.29, 1.82) is 0 Å². The molecule has 10 heterocycles. The fourth-order valence-corrected chi connectivity index (χ4v) is 15.1. The van der Waals surface area contributed by atoms with E-state index < -0.39 is 0 Å². The average molecular weight is 1120 g/mol. The Balaban J connectivity index is 1.32. The van der Waals surface area contributed by atoms with Crippen LogP contribution in [0, 0.1) is 0 Å². The highest BCUT2D eigenvalue weighted by atomic mass is 14.8. The molecule has 0 radical (unpaired) electrons. The minimum atomic E-state index is 0.867. The number of nitrogens with one attached hydrogen (secondary N) is 4. The normalized spacial score (nSPS) is 14.0. The van der Waals surface area contributed by atoms with Gasteiger partial charge in [0.15, 0.2) is 0 Å². The maximum Gasteiger partial charge on any atom is 0.0765 e. The van der Waals surface area contributed by atoms with Gasteiger partial charge in [-0.1, -0.05) is 135 Å². The van der Waals surface area contributed by atoms with Crippen LogP contribution in [0.3, 0.4) is 0 Å². The third-order valence-electron chi connectivity index (χ3n) is 18.9. The van der Waals surface area contributed by atoms with Gasteiger partial charge in [-0.3, -0.25) is 0 Å². The zero-order valence-corrected chi connectivity index (χ0v) is 53.9.